The second-order valence-corrected chi connectivity index (χ2v) is 7.01. The van der Waals surface area contributed by atoms with Crippen molar-refractivity contribution in [2.45, 2.75) is 44.4 Å². The molecule has 28 heavy (non-hydrogen) atoms. The minimum atomic E-state index is -0.722. The summed E-state index contributed by atoms with van der Waals surface area (Å²) in [4.78, 5) is 12.2. The molecule has 8 heteroatoms. The standard InChI is InChI=1S/C20H25FN4O3/c1-13(12-18(26)14-2-4-15(21)5-3-14)22-19-7-6-17(24-25-19)20(27)23-16-8-10-28-11-9-16/h2-7,13,16,18,26H,8-12H2,1H3,(H,22,25)(H,23,27). The minimum Gasteiger partial charge on any atom is -0.388 e. The Morgan fingerprint density at radius 2 is 1.93 bits per heavy atom. The van der Waals surface area contributed by atoms with Crippen LogP contribution in [0.3, 0.4) is 0 Å². The maximum Gasteiger partial charge on any atom is 0.272 e. The van der Waals surface area contributed by atoms with Crippen LogP contribution in [0.1, 0.15) is 48.3 Å². The number of hydrogen-bond donors (Lipinski definition) is 3. The summed E-state index contributed by atoms with van der Waals surface area (Å²) < 4.78 is 18.3. The molecule has 1 saturated heterocycles. The lowest BCUT2D eigenvalue weighted by Crippen LogP contribution is -2.39. The maximum atomic E-state index is 13.0. The van der Waals surface area contributed by atoms with Crippen LogP contribution in [0, 0.1) is 5.82 Å². The molecule has 1 aromatic heterocycles. The van der Waals surface area contributed by atoms with Crippen molar-refractivity contribution in [2.24, 2.45) is 0 Å². The molecule has 0 bridgehead atoms. The van der Waals surface area contributed by atoms with Gasteiger partial charge in [-0.2, -0.15) is 0 Å². The molecule has 1 amide bonds. The molecule has 2 aromatic rings. The van der Waals surface area contributed by atoms with Crippen LogP contribution < -0.4 is 10.6 Å². The van der Waals surface area contributed by atoms with Crippen LogP contribution in [0.4, 0.5) is 10.2 Å². The lowest BCUT2D eigenvalue weighted by Gasteiger charge is -2.22. The van der Waals surface area contributed by atoms with Crippen molar-refractivity contribution in [2.75, 3.05) is 18.5 Å². The summed E-state index contributed by atoms with van der Waals surface area (Å²) in [5.41, 5.74) is 0.914. The van der Waals surface area contributed by atoms with E-state index in [4.69, 9.17) is 4.74 Å². The molecule has 2 unspecified atom stereocenters. The highest BCUT2D eigenvalue weighted by Gasteiger charge is 2.18. The van der Waals surface area contributed by atoms with Crippen molar-refractivity contribution in [1.82, 2.24) is 15.5 Å². The molecule has 7 nitrogen and oxygen atoms in total. The van der Waals surface area contributed by atoms with Gasteiger partial charge in [-0.3, -0.25) is 4.79 Å². The average Bonchev–Trinajstić information content (AvgIpc) is 2.69. The van der Waals surface area contributed by atoms with E-state index in [1.54, 1.807) is 24.3 Å². The number of hydrogen-bond acceptors (Lipinski definition) is 6. The van der Waals surface area contributed by atoms with Gasteiger partial charge in [0.2, 0.25) is 0 Å². The summed E-state index contributed by atoms with van der Waals surface area (Å²) in [6.07, 6.45) is 1.29. The SMILES string of the molecule is CC(CC(O)c1ccc(F)cc1)Nc1ccc(C(=O)NC2CCOCC2)nn1. The monoisotopic (exact) mass is 388 g/mol. The third-order valence-electron chi connectivity index (χ3n) is 4.68. The highest BCUT2D eigenvalue weighted by Crippen LogP contribution is 2.20. The Morgan fingerprint density at radius 3 is 2.57 bits per heavy atom. The summed E-state index contributed by atoms with van der Waals surface area (Å²) in [7, 11) is 0. The van der Waals surface area contributed by atoms with Gasteiger partial charge >= 0.3 is 0 Å². The minimum absolute atomic E-state index is 0.101. The predicted molar refractivity (Wildman–Crippen MR) is 102 cm³/mol. The molecule has 150 valence electrons. The number of benzene rings is 1. The molecule has 2 atom stereocenters. The molecule has 1 aliphatic rings. The molecule has 3 rings (SSSR count). The molecule has 0 aliphatic carbocycles. The van der Waals surface area contributed by atoms with Crippen molar-refractivity contribution in [3.05, 3.63) is 53.5 Å². The second kappa shape index (κ2) is 9.57. The number of carbonyl (C=O) groups excluding carboxylic acids is 1. The summed E-state index contributed by atoms with van der Waals surface area (Å²) in [5.74, 6) is -0.0644. The first-order chi connectivity index (χ1) is 13.5. The topological polar surface area (TPSA) is 96.4 Å². The van der Waals surface area contributed by atoms with Gasteiger partial charge in [0.15, 0.2) is 5.69 Å². The summed E-state index contributed by atoms with van der Waals surface area (Å²) in [5, 5.41) is 24.4. The number of aliphatic hydroxyl groups excluding tert-OH is 1. The zero-order chi connectivity index (χ0) is 19.9. The molecule has 0 spiro atoms. The molecule has 0 radical (unpaired) electrons. The van der Waals surface area contributed by atoms with Gasteiger partial charge in [-0.25, -0.2) is 4.39 Å². The van der Waals surface area contributed by atoms with Crippen molar-refractivity contribution < 1.29 is 19.0 Å². The van der Waals surface area contributed by atoms with E-state index in [0.717, 1.165) is 12.8 Å². The Morgan fingerprint density at radius 1 is 1.21 bits per heavy atom. The van der Waals surface area contributed by atoms with Crippen LogP contribution in [0.25, 0.3) is 0 Å². The van der Waals surface area contributed by atoms with Crippen LogP contribution >= 0.6 is 0 Å². The number of nitrogens with zero attached hydrogens (tertiary/aromatic N) is 2. The van der Waals surface area contributed by atoms with E-state index in [1.165, 1.54) is 12.1 Å². The van der Waals surface area contributed by atoms with E-state index in [0.29, 0.717) is 31.0 Å². The van der Waals surface area contributed by atoms with Crippen LogP contribution in [0.15, 0.2) is 36.4 Å². The number of anilines is 1. The van der Waals surface area contributed by atoms with Gasteiger partial charge in [0, 0.05) is 25.3 Å². The zero-order valence-electron chi connectivity index (χ0n) is 15.8. The van der Waals surface area contributed by atoms with E-state index in [-0.39, 0.29) is 29.5 Å². The number of halogens is 1. The Balaban J connectivity index is 1.50. The number of rotatable bonds is 7. The predicted octanol–water partition coefficient (Wildman–Crippen LogP) is 2.45. The number of aromatic nitrogens is 2. The fourth-order valence-corrected chi connectivity index (χ4v) is 3.10. The van der Waals surface area contributed by atoms with Gasteiger partial charge in [-0.15, -0.1) is 10.2 Å². The van der Waals surface area contributed by atoms with Crippen LogP contribution in [-0.2, 0) is 4.74 Å². The van der Waals surface area contributed by atoms with Crippen molar-refractivity contribution in [1.29, 1.82) is 0 Å². The van der Waals surface area contributed by atoms with Crippen molar-refractivity contribution >= 4 is 11.7 Å². The third kappa shape index (κ3) is 5.71. The van der Waals surface area contributed by atoms with Gasteiger partial charge in [-0.1, -0.05) is 12.1 Å². The highest BCUT2D eigenvalue weighted by molar-refractivity contribution is 5.92. The average molecular weight is 388 g/mol. The number of ether oxygens (including phenoxy) is 1. The number of carbonyl (C=O) groups is 1. The van der Waals surface area contributed by atoms with Gasteiger partial charge in [0.25, 0.3) is 5.91 Å². The van der Waals surface area contributed by atoms with Gasteiger partial charge < -0.3 is 20.5 Å². The fraction of sp³-hybridized carbons (Fsp3) is 0.450. The molecular formula is C20H25FN4O3. The van der Waals surface area contributed by atoms with Crippen LogP contribution in [0.2, 0.25) is 0 Å². The lowest BCUT2D eigenvalue weighted by molar-refractivity contribution is 0.0693. The second-order valence-electron chi connectivity index (χ2n) is 7.01. The summed E-state index contributed by atoms with van der Waals surface area (Å²) >= 11 is 0. The Bertz CT molecular complexity index is 764. The Labute approximate surface area is 163 Å². The molecule has 2 heterocycles. The van der Waals surface area contributed by atoms with Gasteiger partial charge in [-0.05, 0) is 56.0 Å². The number of nitrogens with one attached hydrogen (secondary N) is 2. The number of aliphatic hydroxyl groups is 1. The lowest BCUT2D eigenvalue weighted by atomic mass is 10.0. The smallest absolute Gasteiger partial charge is 0.272 e. The molecule has 1 fully saturated rings. The number of amides is 1. The molecular weight excluding hydrogens is 363 g/mol. The van der Waals surface area contributed by atoms with Gasteiger partial charge in [0.05, 0.1) is 6.10 Å². The summed E-state index contributed by atoms with van der Waals surface area (Å²) in [6.45, 7) is 3.21. The maximum absolute atomic E-state index is 13.0. The first-order valence-electron chi connectivity index (χ1n) is 9.43. The van der Waals surface area contributed by atoms with Crippen LogP contribution in [-0.4, -0.2) is 46.5 Å². The molecule has 0 saturated carbocycles. The quantitative estimate of drug-likeness (QED) is 0.674. The van der Waals surface area contributed by atoms with E-state index in [1.807, 2.05) is 6.92 Å². The van der Waals surface area contributed by atoms with E-state index >= 15 is 0 Å². The van der Waals surface area contributed by atoms with E-state index < -0.39 is 6.10 Å². The normalized spacial score (nSPS) is 17.0. The molecule has 1 aromatic carbocycles. The van der Waals surface area contributed by atoms with Crippen molar-refractivity contribution in [3.8, 4) is 0 Å². The molecule has 1 aliphatic heterocycles. The van der Waals surface area contributed by atoms with E-state index in [2.05, 4.69) is 20.8 Å². The van der Waals surface area contributed by atoms with E-state index in [9.17, 15) is 14.3 Å². The zero-order valence-corrected chi connectivity index (χ0v) is 15.8. The highest BCUT2D eigenvalue weighted by atomic mass is 19.1. The third-order valence-corrected chi connectivity index (χ3v) is 4.68. The van der Waals surface area contributed by atoms with Crippen LogP contribution in [0.5, 0.6) is 0 Å². The fourth-order valence-electron chi connectivity index (χ4n) is 3.10. The summed E-state index contributed by atoms with van der Waals surface area (Å²) in [6, 6.07) is 9.10. The first-order valence-corrected chi connectivity index (χ1v) is 9.43. The van der Waals surface area contributed by atoms with Gasteiger partial charge in [0.1, 0.15) is 11.6 Å². The largest absolute Gasteiger partial charge is 0.388 e. The Hall–Kier alpha value is -2.58. The molecule has 3 N–H and O–H groups in total. The van der Waals surface area contributed by atoms with Crippen molar-refractivity contribution in [3.63, 3.8) is 0 Å². The first kappa shape index (κ1) is 20.2. The Kier molecular flexibility index (Phi) is 6.89.